The number of hydrogen-bond acceptors (Lipinski definition) is 8. The van der Waals surface area contributed by atoms with E-state index in [1.54, 1.807) is 6.92 Å². The predicted octanol–water partition coefficient (Wildman–Crippen LogP) is 1.12. The minimum atomic E-state index is -0.375. The van der Waals surface area contributed by atoms with Gasteiger partial charge in [-0.15, -0.1) is 0 Å². The van der Waals surface area contributed by atoms with E-state index in [2.05, 4.69) is 9.97 Å². The van der Waals surface area contributed by atoms with Crippen LogP contribution in [0.15, 0.2) is 12.4 Å². The van der Waals surface area contributed by atoms with Crippen LogP contribution in [0.25, 0.3) is 0 Å². The summed E-state index contributed by atoms with van der Waals surface area (Å²) in [7, 11) is 0. The maximum atomic E-state index is 11.0. The lowest BCUT2D eigenvalue weighted by Crippen LogP contribution is -2.16. The third kappa shape index (κ3) is 10.8. The van der Waals surface area contributed by atoms with Crippen molar-refractivity contribution in [1.82, 2.24) is 9.97 Å². The summed E-state index contributed by atoms with van der Waals surface area (Å²) >= 11 is 5.67. The van der Waals surface area contributed by atoms with Crippen molar-refractivity contribution < 1.29 is 28.5 Å². The molecule has 0 N–H and O–H groups in total. The van der Waals surface area contributed by atoms with Crippen molar-refractivity contribution in [3.8, 4) is 5.88 Å². The Hall–Kier alpha value is -1.48. The van der Waals surface area contributed by atoms with Crippen LogP contribution in [-0.4, -0.2) is 68.8 Å². The molecule has 0 spiro atoms. The number of esters is 1. The summed E-state index contributed by atoms with van der Waals surface area (Å²) in [4.78, 5) is 18.7. The van der Waals surface area contributed by atoms with E-state index >= 15 is 0 Å². The normalized spacial score (nSPS) is 10.5. The summed E-state index contributed by atoms with van der Waals surface area (Å²) in [5.41, 5.74) is 0. The molecule has 0 aliphatic carbocycles. The molecule has 0 radical (unpaired) electrons. The molecule has 130 valence electrons. The second kappa shape index (κ2) is 13.0. The fourth-order valence-corrected chi connectivity index (χ4v) is 1.54. The van der Waals surface area contributed by atoms with Crippen LogP contribution in [-0.2, 0) is 23.7 Å². The van der Waals surface area contributed by atoms with Gasteiger partial charge in [-0.05, 0) is 6.92 Å². The number of ether oxygens (including phenoxy) is 5. The number of nitrogens with zero attached hydrogens (tertiary/aromatic N) is 2. The number of carbonyl (C=O) groups is 1. The highest BCUT2D eigenvalue weighted by molar-refractivity contribution is 6.29. The fourth-order valence-electron chi connectivity index (χ4n) is 1.40. The van der Waals surface area contributed by atoms with Crippen LogP contribution >= 0.6 is 11.6 Å². The Labute approximate surface area is 140 Å². The van der Waals surface area contributed by atoms with Gasteiger partial charge < -0.3 is 23.7 Å². The van der Waals surface area contributed by atoms with Crippen molar-refractivity contribution in [2.24, 2.45) is 0 Å². The lowest BCUT2D eigenvalue weighted by Gasteiger charge is -2.07. The van der Waals surface area contributed by atoms with E-state index in [0.717, 1.165) is 0 Å². The fraction of sp³-hybridized carbons (Fsp3) is 0.643. The molecule has 0 amide bonds. The zero-order valence-electron chi connectivity index (χ0n) is 13.0. The molecule has 0 bridgehead atoms. The molecule has 0 aliphatic rings. The van der Waals surface area contributed by atoms with Gasteiger partial charge in [0.1, 0.15) is 13.2 Å². The van der Waals surface area contributed by atoms with Crippen LogP contribution < -0.4 is 4.74 Å². The van der Waals surface area contributed by atoms with Crippen LogP contribution in [0, 0.1) is 0 Å². The molecule has 1 heterocycles. The van der Waals surface area contributed by atoms with Gasteiger partial charge in [-0.2, -0.15) is 4.98 Å². The second-order valence-corrected chi connectivity index (χ2v) is 4.50. The SMILES string of the molecule is CCOC(=O)COCCOCCOCCOc1cncc(Cl)n1. The van der Waals surface area contributed by atoms with Gasteiger partial charge >= 0.3 is 5.97 Å². The Morgan fingerprint density at radius 1 is 1.04 bits per heavy atom. The number of halogens is 1. The van der Waals surface area contributed by atoms with Gasteiger partial charge in [0.25, 0.3) is 0 Å². The monoisotopic (exact) mass is 348 g/mol. The Kier molecular flexibility index (Phi) is 11.1. The standard InChI is InChI=1S/C14H21ClN2O6/c1-2-22-14(18)11-21-6-5-19-3-4-20-7-8-23-13-10-16-9-12(15)17-13/h9-10H,2-8,11H2,1H3. The number of hydrogen-bond donors (Lipinski definition) is 0. The zero-order valence-corrected chi connectivity index (χ0v) is 13.8. The van der Waals surface area contributed by atoms with Crippen LogP contribution in [0.3, 0.4) is 0 Å². The minimum absolute atomic E-state index is 0.0581. The summed E-state index contributed by atoms with van der Waals surface area (Å²) in [6, 6.07) is 0. The van der Waals surface area contributed by atoms with E-state index < -0.39 is 0 Å². The zero-order chi connectivity index (χ0) is 16.8. The van der Waals surface area contributed by atoms with Gasteiger partial charge in [0.05, 0.1) is 52.0 Å². The summed E-state index contributed by atoms with van der Waals surface area (Å²) in [5, 5.41) is 0.280. The highest BCUT2D eigenvalue weighted by Gasteiger charge is 2.00. The molecule has 1 rings (SSSR count). The Morgan fingerprint density at radius 2 is 1.70 bits per heavy atom. The molecule has 0 atom stereocenters. The summed E-state index contributed by atoms with van der Waals surface area (Å²) in [5.74, 6) is -0.0173. The predicted molar refractivity (Wildman–Crippen MR) is 81.6 cm³/mol. The Morgan fingerprint density at radius 3 is 2.35 bits per heavy atom. The number of aromatic nitrogens is 2. The Bertz CT molecular complexity index is 449. The van der Waals surface area contributed by atoms with E-state index in [4.69, 9.17) is 35.3 Å². The van der Waals surface area contributed by atoms with Crippen molar-refractivity contribution in [3.05, 3.63) is 17.5 Å². The summed E-state index contributed by atoms with van der Waals surface area (Å²) < 4.78 is 25.7. The van der Waals surface area contributed by atoms with E-state index in [1.165, 1.54) is 12.4 Å². The van der Waals surface area contributed by atoms with Crippen molar-refractivity contribution in [2.45, 2.75) is 6.92 Å². The van der Waals surface area contributed by atoms with Gasteiger partial charge in [-0.25, -0.2) is 4.79 Å². The number of rotatable bonds is 13. The molecule has 9 heteroatoms. The first-order chi connectivity index (χ1) is 11.2. The van der Waals surface area contributed by atoms with Crippen LogP contribution in [0.4, 0.5) is 0 Å². The Balaban J connectivity index is 1.84. The van der Waals surface area contributed by atoms with Gasteiger partial charge in [-0.1, -0.05) is 11.6 Å². The molecule has 0 aliphatic heterocycles. The molecular formula is C14H21ClN2O6. The van der Waals surface area contributed by atoms with Crippen LogP contribution in [0.5, 0.6) is 5.88 Å². The summed E-state index contributed by atoms with van der Waals surface area (Å²) in [6.07, 6.45) is 2.91. The van der Waals surface area contributed by atoms with Crippen molar-refractivity contribution in [2.75, 3.05) is 52.9 Å². The molecule has 0 aromatic carbocycles. The molecular weight excluding hydrogens is 328 g/mol. The maximum absolute atomic E-state index is 11.0. The van der Waals surface area contributed by atoms with Crippen molar-refractivity contribution >= 4 is 17.6 Å². The highest BCUT2D eigenvalue weighted by atomic mass is 35.5. The first-order valence-electron chi connectivity index (χ1n) is 7.21. The minimum Gasteiger partial charge on any atom is -0.474 e. The van der Waals surface area contributed by atoms with Crippen LogP contribution in [0.1, 0.15) is 6.92 Å². The summed E-state index contributed by atoms with van der Waals surface area (Å²) in [6.45, 7) is 4.36. The van der Waals surface area contributed by atoms with Crippen LogP contribution in [0.2, 0.25) is 5.15 Å². The maximum Gasteiger partial charge on any atom is 0.332 e. The molecule has 0 saturated heterocycles. The molecule has 0 fully saturated rings. The van der Waals surface area contributed by atoms with Crippen molar-refractivity contribution in [3.63, 3.8) is 0 Å². The first kappa shape index (κ1) is 19.6. The molecule has 1 aromatic rings. The van der Waals surface area contributed by atoms with E-state index in [-0.39, 0.29) is 17.7 Å². The highest BCUT2D eigenvalue weighted by Crippen LogP contribution is 2.08. The quantitative estimate of drug-likeness (QED) is 0.387. The molecule has 0 saturated carbocycles. The molecule has 1 aromatic heterocycles. The topological polar surface area (TPSA) is 89.0 Å². The van der Waals surface area contributed by atoms with Gasteiger partial charge in [0, 0.05) is 0 Å². The molecule has 23 heavy (non-hydrogen) atoms. The average Bonchev–Trinajstić information content (AvgIpc) is 2.53. The van der Waals surface area contributed by atoms with Crippen molar-refractivity contribution in [1.29, 1.82) is 0 Å². The first-order valence-corrected chi connectivity index (χ1v) is 7.59. The second-order valence-electron chi connectivity index (χ2n) is 4.11. The lowest BCUT2D eigenvalue weighted by atomic mass is 10.6. The number of carbonyl (C=O) groups excluding carboxylic acids is 1. The largest absolute Gasteiger partial charge is 0.474 e. The third-order valence-corrected chi connectivity index (χ3v) is 2.51. The smallest absolute Gasteiger partial charge is 0.332 e. The van der Waals surface area contributed by atoms with Gasteiger partial charge in [0.2, 0.25) is 5.88 Å². The van der Waals surface area contributed by atoms with E-state index in [9.17, 15) is 4.79 Å². The average molecular weight is 349 g/mol. The van der Waals surface area contributed by atoms with E-state index in [1.807, 2.05) is 0 Å². The van der Waals surface area contributed by atoms with Gasteiger partial charge in [0.15, 0.2) is 5.15 Å². The lowest BCUT2D eigenvalue weighted by molar-refractivity contribution is -0.148. The molecule has 8 nitrogen and oxygen atoms in total. The van der Waals surface area contributed by atoms with Gasteiger partial charge in [-0.3, -0.25) is 4.98 Å². The molecule has 0 unspecified atom stereocenters. The third-order valence-electron chi connectivity index (χ3n) is 2.33. The van der Waals surface area contributed by atoms with E-state index in [0.29, 0.717) is 52.1 Å².